The van der Waals surface area contributed by atoms with Gasteiger partial charge in [-0.2, -0.15) is 0 Å². The van der Waals surface area contributed by atoms with Gasteiger partial charge in [0.25, 0.3) is 5.91 Å². The lowest BCUT2D eigenvalue weighted by molar-refractivity contribution is -0.142. The van der Waals surface area contributed by atoms with E-state index in [9.17, 15) is 29.2 Å². The van der Waals surface area contributed by atoms with Crippen LogP contribution in [0.15, 0.2) is 42.6 Å². The lowest BCUT2D eigenvalue weighted by Crippen LogP contribution is -2.56. The molecule has 21 heteroatoms. The minimum atomic E-state index is -1.13. The number of hydrogen-bond donors (Lipinski definition) is 11. The molecule has 0 saturated heterocycles. The Bertz CT molecular complexity index is 1670. The normalized spacial score (nSPS) is 17.2. The monoisotopic (exact) mass is 857 g/mol. The summed E-state index contributed by atoms with van der Waals surface area (Å²) in [5, 5.41) is 30.9. The number of pyridine rings is 1. The molecule has 0 radical (unpaired) electrons. The van der Waals surface area contributed by atoms with Crippen molar-refractivity contribution in [3.63, 3.8) is 0 Å². The van der Waals surface area contributed by atoms with Crippen LogP contribution >= 0.6 is 0 Å². The molecule has 5 amide bonds. The number of rotatable bonds is 24. The van der Waals surface area contributed by atoms with Crippen molar-refractivity contribution >= 4 is 41.3 Å². The molecule has 4 rings (SSSR count). The van der Waals surface area contributed by atoms with Crippen molar-refractivity contribution in [2.24, 2.45) is 29.3 Å². The van der Waals surface area contributed by atoms with Crippen molar-refractivity contribution < 1.29 is 48.1 Å². The third-order valence-electron chi connectivity index (χ3n) is 9.53. The highest BCUT2D eigenvalue weighted by Crippen LogP contribution is 2.27. The highest BCUT2D eigenvalue weighted by Gasteiger charge is 2.36. The number of nitrogens with two attached hydrogens (primary N) is 2. The fraction of sp³-hybridized carbons (Fsp3) is 0.575. The smallest absolute Gasteiger partial charge is 0.252 e. The number of aromatic nitrogens is 1. The van der Waals surface area contributed by atoms with Crippen molar-refractivity contribution in [3.8, 4) is 5.75 Å². The SMILES string of the molecule is CC(C)C[C@H]1C(=O)NC(C(=O)N[C@@H](CCCNC(=N)N)C(=O)NCCOCCOCCOCCNC(=O)c2ccc(NN)nc2)Cc2ccc(cc2)OCCC[C@@H]1C(=O)NO. The summed E-state index contributed by atoms with van der Waals surface area (Å²) in [5.74, 6) is 1.75. The predicted octanol–water partition coefficient (Wildman–Crippen LogP) is -0.305. The van der Waals surface area contributed by atoms with Gasteiger partial charge in [-0.1, -0.05) is 26.0 Å². The van der Waals surface area contributed by atoms with E-state index in [2.05, 4.69) is 37.0 Å². The summed E-state index contributed by atoms with van der Waals surface area (Å²) in [6.07, 6.45) is 3.05. The second-order valence-corrected chi connectivity index (χ2v) is 14.7. The van der Waals surface area contributed by atoms with Gasteiger partial charge in [0.2, 0.25) is 23.6 Å². The van der Waals surface area contributed by atoms with Gasteiger partial charge in [0.15, 0.2) is 5.96 Å². The molecule has 0 saturated carbocycles. The molecule has 21 nitrogen and oxygen atoms in total. The summed E-state index contributed by atoms with van der Waals surface area (Å²) in [6, 6.07) is 8.15. The minimum Gasteiger partial charge on any atom is -0.494 e. The number of ether oxygens (including phenoxy) is 4. The molecule has 0 fully saturated rings. The van der Waals surface area contributed by atoms with Crippen LogP contribution in [0.5, 0.6) is 5.75 Å². The topological polar surface area (TPSA) is 315 Å². The van der Waals surface area contributed by atoms with Crippen LogP contribution in [0.3, 0.4) is 0 Å². The molecular weight excluding hydrogens is 795 g/mol. The Kier molecular flexibility index (Phi) is 22.8. The highest BCUT2D eigenvalue weighted by molar-refractivity contribution is 5.94. The average molecular weight is 858 g/mol. The summed E-state index contributed by atoms with van der Waals surface area (Å²) in [5.41, 5.74) is 10.6. The van der Waals surface area contributed by atoms with Gasteiger partial charge in [-0.05, 0) is 67.9 Å². The lowest BCUT2D eigenvalue weighted by Gasteiger charge is -2.29. The Balaban J connectivity index is 1.51. The maximum absolute atomic E-state index is 14.0. The number of fused-ring (bicyclic) bond motifs is 11. The summed E-state index contributed by atoms with van der Waals surface area (Å²) >= 11 is 0. The van der Waals surface area contributed by atoms with E-state index in [0.29, 0.717) is 69.4 Å². The first-order chi connectivity index (χ1) is 29.4. The maximum atomic E-state index is 14.0. The zero-order chi connectivity index (χ0) is 44.4. The quantitative estimate of drug-likeness (QED) is 0.0161. The van der Waals surface area contributed by atoms with E-state index in [0.717, 1.165) is 5.56 Å². The number of hydrazine groups is 1. The van der Waals surface area contributed by atoms with Crippen LogP contribution in [0, 0.1) is 23.2 Å². The van der Waals surface area contributed by atoms with E-state index in [1.54, 1.807) is 41.9 Å². The number of benzene rings is 1. The number of anilines is 1. The third kappa shape index (κ3) is 19.1. The van der Waals surface area contributed by atoms with Gasteiger partial charge >= 0.3 is 0 Å². The second kappa shape index (κ2) is 28.0. The Morgan fingerprint density at radius 1 is 0.934 bits per heavy atom. The second-order valence-electron chi connectivity index (χ2n) is 14.7. The van der Waals surface area contributed by atoms with Crippen LogP contribution in [0.4, 0.5) is 5.82 Å². The van der Waals surface area contributed by atoms with E-state index in [-0.39, 0.29) is 70.0 Å². The molecule has 2 aromatic rings. The van der Waals surface area contributed by atoms with Gasteiger partial charge in [-0.3, -0.25) is 34.6 Å². The molecule has 0 aliphatic carbocycles. The van der Waals surface area contributed by atoms with E-state index in [1.807, 2.05) is 13.8 Å². The number of hydroxylamine groups is 1. The third-order valence-corrected chi connectivity index (χ3v) is 9.53. The number of carbonyl (C=O) groups is 5. The van der Waals surface area contributed by atoms with Crippen LogP contribution in [0.2, 0.25) is 0 Å². The van der Waals surface area contributed by atoms with E-state index < -0.39 is 47.5 Å². The Labute approximate surface area is 355 Å². The largest absolute Gasteiger partial charge is 0.494 e. The fourth-order valence-corrected chi connectivity index (χ4v) is 6.43. The number of nitrogen functional groups attached to an aromatic ring is 1. The first-order valence-corrected chi connectivity index (χ1v) is 20.5. The molecule has 338 valence electrons. The van der Waals surface area contributed by atoms with Gasteiger partial charge in [0.1, 0.15) is 23.7 Å². The van der Waals surface area contributed by atoms with Crippen molar-refractivity contribution in [2.75, 3.05) is 71.3 Å². The van der Waals surface area contributed by atoms with Gasteiger partial charge in [0, 0.05) is 38.2 Å². The number of guanidine groups is 1. The summed E-state index contributed by atoms with van der Waals surface area (Å²) < 4.78 is 22.4. The molecular formula is C40H63N11O10. The molecule has 13 N–H and O–H groups in total. The molecule has 2 bridgehead atoms. The molecule has 2 aliphatic heterocycles. The molecule has 1 aromatic carbocycles. The van der Waals surface area contributed by atoms with Crippen LogP contribution in [0.25, 0.3) is 0 Å². The first-order valence-electron chi connectivity index (χ1n) is 20.5. The molecule has 4 atom stereocenters. The van der Waals surface area contributed by atoms with Gasteiger partial charge in [-0.25, -0.2) is 16.3 Å². The summed E-state index contributed by atoms with van der Waals surface area (Å²) in [4.78, 5) is 70.5. The number of amides is 5. The Morgan fingerprint density at radius 3 is 2.21 bits per heavy atom. The molecule has 3 heterocycles. The van der Waals surface area contributed by atoms with Gasteiger partial charge < -0.3 is 56.7 Å². The number of nitrogens with zero attached hydrogens (tertiary/aromatic N) is 1. The zero-order valence-corrected chi connectivity index (χ0v) is 35.0. The zero-order valence-electron chi connectivity index (χ0n) is 35.0. The van der Waals surface area contributed by atoms with Crippen molar-refractivity contribution in [1.82, 2.24) is 37.0 Å². The van der Waals surface area contributed by atoms with E-state index in [1.165, 1.54) is 6.20 Å². The maximum Gasteiger partial charge on any atom is 0.252 e. The van der Waals surface area contributed by atoms with Crippen molar-refractivity contribution in [1.29, 1.82) is 5.41 Å². The summed E-state index contributed by atoms with van der Waals surface area (Å²) in [6.45, 7) is 6.45. The van der Waals surface area contributed by atoms with E-state index >= 15 is 0 Å². The lowest BCUT2D eigenvalue weighted by atomic mass is 9.81. The number of hydrogen-bond acceptors (Lipinski definition) is 14. The van der Waals surface area contributed by atoms with Crippen LogP contribution < -0.4 is 53.8 Å². The molecule has 0 spiro atoms. The van der Waals surface area contributed by atoms with Crippen molar-refractivity contribution in [3.05, 3.63) is 53.7 Å². The summed E-state index contributed by atoms with van der Waals surface area (Å²) in [7, 11) is 0. The first kappa shape index (κ1) is 49.8. The molecule has 61 heavy (non-hydrogen) atoms. The number of nitrogens with one attached hydrogen (secondary N) is 8. The number of carbonyl (C=O) groups excluding carboxylic acids is 5. The standard InChI is InChI=1S/C40H63N11O10/c1-26(2)23-31-30(37(54)51-57)5-4-16-61-29-10-7-27(8-11-29)24-33(49-36(31)53)39(56)48-32(6-3-13-46-40(41)42)38(55)45-15-18-59-20-22-60-21-19-58-17-14-44-35(52)28-9-12-34(50-43)47-25-28/h7-12,25-26,30-33,57H,3-6,13-24,43H2,1-2H3,(H,44,52)(H,45,55)(H,47,50)(H,48,56)(H,49,53)(H,51,54)(H4,41,42,46)/t30-,31+,32-,33?/m0/s1. The molecule has 1 unspecified atom stereocenters. The molecule has 1 aromatic heterocycles. The van der Waals surface area contributed by atoms with Crippen molar-refractivity contribution in [2.45, 2.75) is 64.5 Å². The van der Waals surface area contributed by atoms with Crippen LogP contribution in [0.1, 0.15) is 61.9 Å². The predicted molar refractivity (Wildman–Crippen MR) is 224 cm³/mol. The minimum absolute atomic E-state index is 0.00884. The fourth-order valence-electron chi connectivity index (χ4n) is 6.43. The van der Waals surface area contributed by atoms with Gasteiger partial charge in [0.05, 0.1) is 57.7 Å². The average Bonchev–Trinajstić information content (AvgIpc) is 3.25. The Hall–Kier alpha value is -5.61. The Morgan fingerprint density at radius 2 is 1.61 bits per heavy atom. The van der Waals surface area contributed by atoms with Gasteiger partial charge in [-0.15, -0.1) is 0 Å². The van der Waals surface area contributed by atoms with E-state index in [4.69, 9.17) is 35.9 Å². The van der Waals surface area contributed by atoms with Crippen LogP contribution in [-0.4, -0.2) is 124 Å². The molecule has 2 aliphatic rings. The highest BCUT2D eigenvalue weighted by atomic mass is 16.5. The van der Waals surface area contributed by atoms with Crippen LogP contribution in [-0.2, 0) is 39.8 Å².